The van der Waals surface area contributed by atoms with Crippen LogP contribution in [0.2, 0.25) is 5.28 Å². The molecule has 84 valence electrons. The molecule has 0 amide bonds. The van der Waals surface area contributed by atoms with Crippen LogP contribution in [0.5, 0.6) is 5.88 Å². The van der Waals surface area contributed by atoms with E-state index in [1.807, 2.05) is 30.3 Å². The van der Waals surface area contributed by atoms with E-state index >= 15 is 0 Å². The van der Waals surface area contributed by atoms with E-state index in [1.54, 1.807) is 0 Å². The van der Waals surface area contributed by atoms with E-state index in [0.717, 1.165) is 5.69 Å². The quantitative estimate of drug-likeness (QED) is 0.669. The fourth-order valence-corrected chi connectivity index (χ4v) is 1.72. The predicted molar refractivity (Wildman–Crippen MR) is 63.3 cm³/mol. The van der Waals surface area contributed by atoms with Crippen molar-refractivity contribution in [2.24, 2.45) is 0 Å². The molecule has 2 heterocycles. The van der Waals surface area contributed by atoms with Crippen LogP contribution in [-0.4, -0.2) is 24.9 Å². The van der Waals surface area contributed by atoms with E-state index in [4.69, 9.17) is 11.6 Å². The van der Waals surface area contributed by atoms with Gasteiger partial charge in [0.2, 0.25) is 11.2 Å². The van der Waals surface area contributed by atoms with Crippen molar-refractivity contribution in [3.05, 3.63) is 41.8 Å². The maximum absolute atomic E-state index is 10.0. The summed E-state index contributed by atoms with van der Waals surface area (Å²) in [6.45, 7) is 0. The van der Waals surface area contributed by atoms with Crippen LogP contribution in [0.3, 0.4) is 0 Å². The Morgan fingerprint density at radius 2 is 1.94 bits per heavy atom. The number of halogens is 1. The van der Waals surface area contributed by atoms with E-state index in [9.17, 15) is 5.11 Å². The molecule has 0 aliphatic heterocycles. The highest BCUT2D eigenvalue weighted by Crippen LogP contribution is 2.25. The first kappa shape index (κ1) is 10.0. The number of hydrogen-bond acceptors (Lipinski definition) is 4. The molecule has 17 heavy (non-hydrogen) atoms. The predicted octanol–water partition coefficient (Wildman–Crippen LogP) is 2.17. The SMILES string of the molecule is Oc1c2cnc(Cl)nc2nn1-c1ccccc1. The van der Waals surface area contributed by atoms with Gasteiger partial charge in [-0.1, -0.05) is 18.2 Å². The molecule has 0 radical (unpaired) electrons. The Hall–Kier alpha value is -2.14. The van der Waals surface area contributed by atoms with E-state index in [2.05, 4.69) is 15.1 Å². The maximum Gasteiger partial charge on any atom is 0.225 e. The highest BCUT2D eigenvalue weighted by molar-refractivity contribution is 6.28. The molecule has 1 N–H and O–H groups in total. The monoisotopic (exact) mass is 246 g/mol. The molecule has 0 saturated heterocycles. The zero-order chi connectivity index (χ0) is 11.8. The molecule has 0 saturated carbocycles. The number of nitrogens with zero attached hydrogens (tertiary/aromatic N) is 4. The van der Waals surface area contributed by atoms with Crippen molar-refractivity contribution in [1.29, 1.82) is 0 Å². The van der Waals surface area contributed by atoms with Crippen LogP contribution in [0.15, 0.2) is 36.5 Å². The van der Waals surface area contributed by atoms with Gasteiger partial charge in [-0.3, -0.25) is 0 Å². The summed E-state index contributed by atoms with van der Waals surface area (Å²) in [5, 5.41) is 14.8. The number of fused-ring (bicyclic) bond motifs is 1. The molecule has 0 aliphatic carbocycles. The second-order valence-electron chi connectivity index (χ2n) is 3.45. The summed E-state index contributed by atoms with van der Waals surface area (Å²) < 4.78 is 1.40. The first-order valence-electron chi connectivity index (χ1n) is 4.91. The molecular formula is C11H7ClN4O. The molecule has 0 aliphatic rings. The van der Waals surface area contributed by atoms with Gasteiger partial charge in [-0.25, -0.2) is 4.98 Å². The third kappa shape index (κ3) is 1.60. The molecule has 3 aromatic rings. The molecule has 3 rings (SSSR count). The average Bonchev–Trinajstić information content (AvgIpc) is 2.67. The first-order chi connectivity index (χ1) is 8.25. The van der Waals surface area contributed by atoms with Crippen molar-refractivity contribution >= 4 is 22.6 Å². The van der Waals surface area contributed by atoms with Gasteiger partial charge in [0.05, 0.1) is 5.69 Å². The largest absolute Gasteiger partial charge is 0.493 e. The Kier molecular flexibility index (Phi) is 2.19. The van der Waals surface area contributed by atoms with E-state index in [1.165, 1.54) is 10.9 Å². The van der Waals surface area contributed by atoms with Crippen molar-refractivity contribution < 1.29 is 5.11 Å². The smallest absolute Gasteiger partial charge is 0.225 e. The van der Waals surface area contributed by atoms with Gasteiger partial charge in [-0.2, -0.15) is 9.67 Å². The first-order valence-corrected chi connectivity index (χ1v) is 5.29. The third-order valence-electron chi connectivity index (χ3n) is 2.38. The summed E-state index contributed by atoms with van der Waals surface area (Å²) in [6, 6.07) is 9.28. The Labute approximate surface area is 101 Å². The molecule has 0 spiro atoms. The molecule has 2 aromatic heterocycles. The summed E-state index contributed by atoms with van der Waals surface area (Å²) in [5.74, 6) is 0.00265. The number of aromatic nitrogens is 4. The van der Waals surface area contributed by atoms with Gasteiger partial charge >= 0.3 is 0 Å². The van der Waals surface area contributed by atoms with Crippen LogP contribution in [0.1, 0.15) is 0 Å². The second kappa shape index (κ2) is 3.71. The summed E-state index contributed by atoms with van der Waals surface area (Å²) in [4.78, 5) is 7.76. The number of aromatic hydroxyl groups is 1. The molecule has 6 heteroatoms. The minimum absolute atomic E-state index is 0.00265. The van der Waals surface area contributed by atoms with E-state index in [0.29, 0.717) is 11.0 Å². The Morgan fingerprint density at radius 3 is 2.71 bits per heavy atom. The molecule has 5 nitrogen and oxygen atoms in total. The van der Waals surface area contributed by atoms with Gasteiger partial charge in [-0.05, 0) is 23.7 Å². The maximum atomic E-state index is 10.0. The summed E-state index contributed by atoms with van der Waals surface area (Å²) in [7, 11) is 0. The van der Waals surface area contributed by atoms with Crippen molar-refractivity contribution in [3.63, 3.8) is 0 Å². The molecular weight excluding hydrogens is 240 g/mol. The van der Waals surface area contributed by atoms with Crippen LogP contribution in [0.4, 0.5) is 0 Å². The topological polar surface area (TPSA) is 63.8 Å². The lowest BCUT2D eigenvalue weighted by atomic mass is 10.3. The Morgan fingerprint density at radius 1 is 1.18 bits per heavy atom. The van der Waals surface area contributed by atoms with Gasteiger partial charge in [0, 0.05) is 6.20 Å². The number of benzene rings is 1. The van der Waals surface area contributed by atoms with Gasteiger partial charge in [0.1, 0.15) is 5.39 Å². The molecule has 1 aromatic carbocycles. The van der Waals surface area contributed by atoms with E-state index < -0.39 is 0 Å². The number of rotatable bonds is 1. The third-order valence-corrected chi connectivity index (χ3v) is 2.56. The fraction of sp³-hybridized carbons (Fsp3) is 0. The zero-order valence-corrected chi connectivity index (χ0v) is 9.33. The number of hydrogen-bond donors (Lipinski definition) is 1. The fourth-order valence-electron chi connectivity index (χ4n) is 1.59. The molecule has 0 unspecified atom stereocenters. The Bertz CT molecular complexity index is 681. The van der Waals surface area contributed by atoms with E-state index in [-0.39, 0.29) is 11.2 Å². The van der Waals surface area contributed by atoms with Crippen molar-refractivity contribution in [2.75, 3.05) is 0 Å². The molecule has 0 atom stereocenters. The van der Waals surface area contributed by atoms with Crippen molar-refractivity contribution in [1.82, 2.24) is 19.7 Å². The van der Waals surface area contributed by atoms with Crippen LogP contribution in [0, 0.1) is 0 Å². The van der Waals surface area contributed by atoms with Crippen molar-refractivity contribution in [3.8, 4) is 11.6 Å². The highest BCUT2D eigenvalue weighted by Gasteiger charge is 2.13. The minimum atomic E-state index is 0.00265. The highest BCUT2D eigenvalue weighted by atomic mass is 35.5. The summed E-state index contributed by atoms with van der Waals surface area (Å²) >= 11 is 5.67. The standard InChI is InChI=1S/C11H7ClN4O/c12-11-13-6-8-9(14-11)15-16(10(8)17)7-4-2-1-3-5-7/h1-6,17H. The van der Waals surface area contributed by atoms with Crippen LogP contribution in [-0.2, 0) is 0 Å². The minimum Gasteiger partial charge on any atom is -0.493 e. The van der Waals surface area contributed by atoms with Crippen LogP contribution < -0.4 is 0 Å². The Balaban J connectivity index is 2.28. The van der Waals surface area contributed by atoms with Gasteiger partial charge in [0.15, 0.2) is 5.65 Å². The van der Waals surface area contributed by atoms with Gasteiger partial charge in [0.25, 0.3) is 0 Å². The zero-order valence-electron chi connectivity index (χ0n) is 8.58. The van der Waals surface area contributed by atoms with Gasteiger partial charge in [-0.15, -0.1) is 5.10 Å². The molecule has 0 bridgehead atoms. The van der Waals surface area contributed by atoms with Crippen molar-refractivity contribution in [2.45, 2.75) is 0 Å². The van der Waals surface area contributed by atoms with Gasteiger partial charge < -0.3 is 5.11 Å². The number of para-hydroxylation sites is 1. The summed E-state index contributed by atoms with van der Waals surface area (Å²) in [6.07, 6.45) is 1.45. The normalized spacial score (nSPS) is 10.9. The summed E-state index contributed by atoms with van der Waals surface area (Å²) in [5.41, 5.74) is 1.12. The molecule has 0 fully saturated rings. The van der Waals surface area contributed by atoms with Crippen LogP contribution >= 0.6 is 11.6 Å². The lowest BCUT2D eigenvalue weighted by molar-refractivity contribution is 0.438. The lowest BCUT2D eigenvalue weighted by Gasteiger charge is -2.00. The van der Waals surface area contributed by atoms with Crippen LogP contribution in [0.25, 0.3) is 16.7 Å². The second-order valence-corrected chi connectivity index (χ2v) is 3.79. The lowest BCUT2D eigenvalue weighted by Crippen LogP contribution is -1.94. The average molecular weight is 247 g/mol.